The van der Waals surface area contributed by atoms with Crippen LogP contribution in [0, 0.1) is 0 Å². The van der Waals surface area contributed by atoms with Gasteiger partial charge in [0.25, 0.3) is 0 Å². The van der Waals surface area contributed by atoms with Crippen LogP contribution in [-0.2, 0) is 11.2 Å². The summed E-state index contributed by atoms with van der Waals surface area (Å²) < 4.78 is 5.31. The van der Waals surface area contributed by atoms with E-state index in [-0.39, 0.29) is 6.42 Å². The molecule has 1 saturated carbocycles. The van der Waals surface area contributed by atoms with E-state index in [4.69, 9.17) is 9.94 Å². The van der Waals surface area contributed by atoms with Crippen LogP contribution >= 0.6 is 0 Å². The monoisotopic (exact) mass is 263 g/mol. The number of benzene rings is 1. The number of carbonyl (C=O) groups excluding carboxylic acids is 1. The number of methoxy groups -OCH3 is 1. The molecule has 0 radical (unpaired) electrons. The van der Waals surface area contributed by atoms with Gasteiger partial charge in [0.05, 0.1) is 13.5 Å². The van der Waals surface area contributed by atoms with Crippen molar-refractivity contribution in [2.24, 2.45) is 0 Å². The smallest absolute Gasteiger partial charge is 0.247 e. The highest BCUT2D eigenvalue weighted by Crippen LogP contribution is 2.34. The Morgan fingerprint density at radius 2 is 2.05 bits per heavy atom. The van der Waals surface area contributed by atoms with Gasteiger partial charge in [0, 0.05) is 0 Å². The van der Waals surface area contributed by atoms with Crippen molar-refractivity contribution in [1.29, 1.82) is 0 Å². The second-order valence-electron chi connectivity index (χ2n) is 5.16. The lowest BCUT2D eigenvalue weighted by atomic mass is 9.83. The average Bonchev–Trinajstić information content (AvgIpc) is 2.47. The molecule has 1 fully saturated rings. The van der Waals surface area contributed by atoms with Crippen LogP contribution in [0.3, 0.4) is 0 Å². The van der Waals surface area contributed by atoms with Crippen LogP contribution in [0.15, 0.2) is 18.2 Å². The fourth-order valence-electron chi connectivity index (χ4n) is 2.80. The van der Waals surface area contributed by atoms with E-state index in [0.29, 0.717) is 5.92 Å². The number of hydrogen-bond acceptors (Lipinski definition) is 3. The zero-order chi connectivity index (χ0) is 13.7. The molecule has 104 valence electrons. The van der Waals surface area contributed by atoms with Crippen molar-refractivity contribution < 1.29 is 14.7 Å². The predicted molar refractivity (Wildman–Crippen MR) is 72.5 cm³/mol. The Kier molecular flexibility index (Phi) is 4.80. The minimum absolute atomic E-state index is 0.174. The summed E-state index contributed by atoms with van der Waals surface area (Å²) >= 11 is 0. The first-order valence-corrected chi connectivity index (χ1v) is 6.83. The molecule has 2 rings (SSSR count). The summed E-state index contributed by atoms with van der Waals surface area (Å²) in [7, 11) is 1.63. The van der Waals surface area contributed by atoms with Crippen molar-refractivity contribution in [3.63, 3.8) is 0 Å². The predicted octanol–water partition coefficient (Wildman–Crippen LogP) is 2.79. The molecule has 0 aromatic heterocycles. The molecule has 19 heavy (non-hydrogen) atoms. The Labute approximate surface area is 113 Å². The zero-order valence-corrected chi connectivity index (χ0v) is 11.3. The summed E-state index contributed by atoms with van der Waals surface area (Å²) in [6.45, 7) is 0. The summed E-state index contributed by atoms with van der Waals surface area (Å²) in [4.78, 5) is 11.3. The molecule has 0 atom stereocenters. The van der Waals surface area contributed by atoms with Gasteiger partial charge in [0.2, 0.25) is 5.91 Å². The minimum atomic E-state index is -0.400. The Hall–Kier alpha value is -1.55. The number of carbonyl (C=O) groups is 1. The number of ether oxygens (including phenoxy) is 1. The first kappa shape index (κ1) is 13.9. The summed E-state index contributed by atoms with van der Waals surface area (Å²) in [6.07, 6.45) is 6.45. The molecule has 0 bridgehead atoms. The van der Waals surface area contributed by atoms with Crippen LogP contribution in [-0.4, -0.2) is 18.2 Å². The fraction of sp³-hybridized carbons (Fsp3) is 0.533. The van der Waals surface area contributed by atoms with E-state index in [1.54, 1.807) is 12.6 Å². The summed E-state index contributed by atoms with van der Waals surface area (Å²) in [5, 5.41) is 8.61. The SMILES string of the molecule is COc1cc(CC(=O)NO)cc(C2CCCCC2)c1. The number of hydroxylamine groups is 1. The molecule has 0 spiro atoms. The van der Waals surface area contributed by atoms with Gasteiger partial charge in [-0.15, -0.1) is 0 Å². The van der Waals surface area contributed by atoms with Crippen LogP contribution in [0.1, 0.15) is 49.1 Å². The third-order valence-corrected chi connectivity index (χ3v) is 3.79. The van der Waals surface area contributed by atoms with E-state index in [9.17, 15) is 4.79 Å². The van der Waals surface area contributed by atoms with Gasteiger partial charge in [0.1, 0.15) is 5.75 Å². The standard InChI is InChI=1S/C15H21NO3/c1-19-14-8-11(9-15(17)16-18)7-13(10-14)12-5-3-2-4-6-12/h7-8,10,12,18H,2-6,9H2,1H3,(H,16,17). The van der Waals surface area contributed by atoms with E-state index in [2.05, 4.69) is 12.1 Å². The third-order valence-electron chi connectivity index (χ3n) is 3.79. The molecule has 1 aliphatic carbocycles. The Balaban J connectivity index is 2.21. The molecular formula is C15H21NO3. The van der Waals surface area contributed by atoms with Gasteiger partial charge in [-0.1, -0.05) is 25.3 Å². The largest absolute Gasteiger partial charge is 0.497 e. The van der Waals surface area contributed by atoms with Gasteiger partial charge >= 0.3 is 0 Å². The highest BCUT2D eigenvalue weighted by Gasteiger charge is 2.17. The Morgan fingerprint density at radius 3 is 2.68 bits per heavy atom. The number of rotatable bonds is 4. The molecule has 2 N–H and O–H groups in total. The molecule has 1 aliphatic rings. The maximum atomic E-state index is 11.3. The highest BCUT2D eigenvalue weighted by molar-refractivity contribution is 5.77. The van der Waals surface area contributed by atoms with Crippen molar-refractivity contribution in [1.82, 2.24) is 5.48 Å². The maximum absolute atomic E-state index is 11.3. The van der Waals surface area contributed by atoms with Crippen LogP contribution in [0.2, 0.25) is 0 Å². The molecule has 1 amide bonds. The Bertz CT molecular complexity index is 439. The van der Waals surface area contributed by atoms with E-state index >= 15 is 0 Å². The first-order valence-electron chi connectivity index (χ1n) is 6.83. The number of hydrogen-bond donors (Lipinski definition) is 2. The molecular weight excluding hydrogens is 242 g/mol. The summed E-state index contributed by atoms with van der Waals surface area (Å²) in [6, 6.07) is 5.98. The average molecular weight is 263 g/mol. The molecule has 0 heterocycles. The van der Waals surface area contributed by atoms with E-state index < -0.39 is 5.91 Å². The molecule has 1 aromatic carbocycles. The molecule has 0 saturated heterocycles. The van der Waals surface area contributed by atoms with Gasteiger partial charge < -0.3 is 4.74 Å². The second-order valence-corrected chi connectivity index (χ2v) is 5.16. The summed E-state index contributed by atoms with van der Waals surface area (Å²) in [5.74, 6) is 0.950. The quantitative estimate of drug-likeness (QED) is 0.648. The van der Waals surface area contributed by atoms with Crippen LogP contribution in [0.5, 0.6) is 5.75 Å². The van der Waals surface area contributed by atoms with Crippen LogP contribution in [0.4, 0.5) is 0 Å². The van der Waals surface area contributed by atoms with Crippen LogP contribution < -0.4 is 10.2 Å². The molecule has 4 nitrogen and oxygen atoms in total. The van der Waals surface area contributed by atoms with Crippen LogP contribution in [0.25, 0.3) is 0 Å². The lowest BCUT2D eigenvalue weighted by Gasteiger charge is -2.23. The molecule has 0 aliphatic heterocycles. The van der Waals surface area contributed by atoms with Gasteiger partial charge in [-0.05, 0) is 42.0 Å². The third kappa shape index (κ3) is 3.70. The normalized spacial score (nSPS) is 16.1. The first-order chi connectivity index (χ1) is 9.22. The Morgan fingerprint density at radius 1 is 1.32 bits per heavy atom. The lowest BCUT2D eigenvalue weighted by molar-refractivity contribution is -0.128. The lowest BCUT2D eigenvalue weighted by Crippen LogP contribution is -2.20. The van der Waals surface area contributed by atoms with E-state index in [1.165, 1.54) is 37.7 Å². The molecule has 4 heteroatoms. The van der Waals surface area contributed by atoms with E-state index in [1.807, 2.05) is 6.07 Å². The molecule has 0 unspecified atom stereocenters. The maximum Gasteiger partial charge on any atom is 0.247 e. The van der Waals surface area contributed by atoms with Crippen molar-refractivity contribution in [3.05, 3.63) is 29.3 Å². The fourth-order valence-corrected chi connectivity index (χ4v) is 2.80. The second kappa shape index (κ2) is 6.57. The zero-order valence-electron chi connectivity index (χ0n) is 11.3. The van der Waals surface area contributed by atoms with Gasteiger partial charge in [-0.2, -0.15) is 0 Å². The minimum Gasteiger partial charge on any atom is -0.497 e. The van der Waals surface area contributed by atoms with Gasteiger partial charge in [0.15, 0.2) is 0 Å². The highest BCUT2D eigenvalue weighted by atomic mass is 16.5. The molecule has 1 aromatic rings. The topological polar surface area (TPSA) is 58.6 Å². The number of amides is 1. The van der Waals surface area contributed by atoms with E-state index in [0.717, 1.165) is 11.3 Å². The van der Waals surface area contributed by atoms with Crippen molar-refractivity contribution in [2.45, 2.75) is 44.4 Å². The van der Waals surface area contributed by atoms with Gasteiger partial charge in [-0.3, -0.25) is 10.0 Å². The number of nitrogens with one attached hydrogen (secondary N) is 1. The van der Waals surface area contributed by atoms with Crippen molar-refractivity contribution >= 4 is 5.91 Å². The van der Waals surface area contributed by atoms with Crippen molar-refractivity contribution in [3.8, 4) is 5.75 Å². The van der Waals surface area contributed by atoms with Crippen molar-refractivity contribution in [2.75, 3.05) is 7.11 Å². The van der Waals surface area contributed by atoms with Gasteiger partial charge in [-0.25, -0.2) is 5.48 Å². The summed E-state index contributed by atoms with van der Waals surface area (Å²) in [5.41, 5.74) is 3.80.